The third-order valence-electron chi connectivity index (χ3n) is 6.67. The highest BCUT2D eigenvalue weighted by atomic mass is 35.5. The fourth-order valence-corrected chi connectivity index (χ4v) is 6.17. The molecule has 2 atom stereocenters. The van der Waals surface area contributed by atoms with Crippen molar-refractivity contribution < 1.29 is 9.84 Å². The molecule has 0 spiro atoms. The summed E-state index contributed by atoms with van der Waals surface area (Å²) < 4.78 is 6.01. The van der Waals surface area contributed by atoms with E-state index in [4.69, 9.17) is 4.74 Å². The molecule has 0 aliphatic carbocycles. The van der Waals surface area contributed by atoms with Gasteiger partial charge in [0.25, 0.3) is 0 Å². The second kappa shape index (κ2) is 10.2. The van der Waals surface area contributed by atoms with E-state index in [9.17, 15) is 5.11 Å². The van der Waals surface area contributed by atoms with Gasteiger partial charge in [-0.3, -0.25) is 4.90 Å². The van der Waals surface area contributed by atoms with E-state index in [-0.39, 0.29) is 24.1 Å². The molecular formula is C26H36ClNO2S. The van der Waals surface area contributed by atoms with E-state index in [1.807, 2.05) is 0 Å². The van der Waals surface area contributed by atoms with Gasteiger partial charge in [-0.05, 0) is 86.8 Å². The third kappa shape index (κ3) is 5.24. The molecule has 1 saturated heterocycles. The molecule has 2 aliphatic heterocycles. The number of halogens is 1. The van der Waals surface area contributed by atoms with Gasteiger partial charge >= 0.3 is 0 Å². The lowest BCUT2D eigenvalue weighted by Crippen LogP contribution is -2.32. The maximum Gasteiger partial charge on any atom is 0.153 e. The summed E-state index contributed by atoms with van der Waals surface area (Å²) in [6.45, 7) is 8.82. The van der Waals surface area contributed by atoms with Crippen LogP contribution in [-0.4, -0.2) is 27.7 Å². The highest BCUT2D eigenvalue weighted by Crippen LogP contribution is 2.49. The number of rotatable bonds is 7. The molecule has 1 N–H and O–H groups in total. The number of aryl methyl sites for hydroxylation is 3. The van der Waals surface area contributed by atoms with Gasteiger partial charge in [-0.15, -0.1) is 12.4 Å². The number of fused-ring (bicyclic) bond motifs is 1. The highest BCUT2D eigenvalue weighted by molar-refractivity contribution is 8.00. The predicted molar refractivity (Wildman–Crippen MR) is 132 cm³/mol. The Labute approximate surface area is 198 Å². The van der Waals surface area contributed by atoms with Crippen LogP contribution < -0.4 is 4.74 Å². The van der Waals surface area contributed by atoms with Crippen molar-refractivity contribution in [2.75, 3.05) is 6.73 Å². The van der Waals surface area contributed by atoms with Gasteiger partial charge in [0, 0.05) is 12.1 Å². The Morgan fingerprint density at radius 3 is 2.55 bits per heavy atom. The van der Waals surface area contributed by atoms with Crippen LogP contribution in [0, 0.1) is 0 Å². The van der Waals surface area contributed by atoms with E-state index in [2.05, 4.69) is 69.0 Å². The summed E-state index contributed by atoms with van der Waals surface area (Å²) in [6, 6.07) is 14.3. The minimum atomic E-state index is -0.194. The molecule has 2 heterocycles. The molecule has 2 aliphatic rings. The molecule has 0 amide bonds. The number of hydrogen-bond acceptors (Lipinski definition) is 4. The normalized spacial score (nSPS) is 22.1. The average Bonchev–Trinajstić information content (AvgIpc) is 3.29. The summed E-state index contributed by atoms with van der Waals surface area (Å²) in [6.07, 6.45) is 6.63. The SMILES string of the molecule is CCc1ccc(CCC2CCC(c3ccc4c(c3)SC(C)(C)O4)N2CO)cc1CC.Cl. The number of benzene rings is 2. The lowest BCUT2D eigenvalue weighted by molar-refractivity contribution is 0.0596. The number of likely N-dealkylation sites (tertiary alicyclic amines) is 1. The largest absolute Gasteiger partial charge is 0.476 e. The minimum Gasteiger partial charge on any atom is -0.476 e. The zero-order valence-corrected chi connectivity index (χ0v) is 20.8. The van der Waals surface area contributed by atoms with Crippen molar-refractivity contribution in [2.24, 2.45) is 0 Å². The van der Waals surface area contributed by atoms with E-state index >= 15 is 0 Å². The Morgan fingerprint density at radius 2 is 1.84 bits per heavy atom. The van der Waals surface area contributed by atoms with E-state index in [0.29, 0.717) is 12.1 Å². The van der Waals surface area contributed by atoms with Crippen LogP contribution in [0.1, 0.15) is 75.3 Å². The number of hydrogen-bond donors (Lipinski definition) is 1. The van der Waals surface area contributed by atoms with Crippen molar-refractivity contribution in [3.8, 4) is 5.75 Å². The first kappa shape index (κ1) is 24.4. The Morgan fingerprint density at radius 1 is 1.06 bits per heavy atom. The van der Waals surface area contributed by atoms with Crippen LogP contribution in [0.25, 0.3) is 0 Å². The minimum absolute atomic E-state index is 0. The van der Waals surface area contributed by atoms with Gasteiger partial charge in [0.1, 0.15) is 5.75 Å². The molecule has 5 heteroatoms. The topological polar surface area (TPSA) is 32.7 Å². The molecule has 0 radical (unpaired) electrons. The van der Waals surface area contributed by atoms with Crippen LogP contribution in [0.15, 0.2) is 41.3 Å². The van der Waals surface area contributed by atoms with Crippen molar-refractivity contribution in [3.63, 3.8) is 0 Å². The van der Waals surface area contributed by atoms with Crippen molar-refractivity contribution >= 4 is 24.2 Å². The third-order valence-corrected chi connectivity index (χ3v) is 7.78. The summed E-state index contributed by atoms with van der Waals surface area (Å²) in [4.78, 5) is 3.33. The van der Waals surface area contributed by atoms with Crippen molar-refractivity contribution in [2.45, 2.75) is 88.1 Å². The lowest BCUT2D eigenvalue weighted by atomic mass is 9.96. The van der Waals surface area contributed by atoms with Crippen LogP contribution in [0.4, 0.5) is 0 Å². The molecule has 2 aromatic carbocycles. The summed E-state index contributed by atoms with van der Waals surface area (Å²) in [5.74, 6) is 0.987. The summed E-state index contributed by atoms with van der Waals surface area (Å²) in [7, 11) is 0. The first-order valence-corrected chi connectivity index (χ1v) is 12.2. The van der Waals surface area contributed by atoms with Crippen molar-refractivity contribution in [3.05, 3.63) is 58.7 Å². The number of thioether (sulfide) groups is 1. The van der Waals surface area contributed by atoms with E-state index in [0.717, 1.165) is 44.3 Å². The van der Waals surface area contributed by atoms with Crippen LogP contribution >= 0.6 is 24.2 Å². The maximum atomic E-state index is 10.2. The van der Waals surface area contributed by atoms with E-state index in [1.165, 1.54) is 27.1 Å². The second-order valence-corrected chi connectivity index (χ2v) is 10.7. The molecule has 170 valence electrons. The predicted octanol–water partition coefficient (Wildman–Crippen LogP) is 6.54. The number of nitrogens with zero attached hydrogens (tertiary/aromatic N) is 1. The van der Waals surface area contributed by atoms with Crippen LogP contribution in [0.2, 0.25) is 0 Å². The molecule has 0 aromatic heterocycles. The number of aliphatic hydroxyl groups is 1. The van der Waals surface area contributed by atoms with Crippen molar-refractivity contribution in [1.82, 2.24) is 4.90 Å². The van der Waals surface area contributed by atoms with Gasteiger partial charge in [-0.2, -0.15) is 0 Å². The Bertz CT molecular complexity index is 901. The zero-order chi connectivity index (χ0) is 21.3. The van der Waals surface area contributed by atoms with Crippen LogP contribution in [0.3, 0.4) is 0 Å². The highest BCUT2D eigenvalue weighted by Gasteiger charge is 2.36. The smallest absolute Gasteiger partial charge is 0.153 e. The van der Waals surface area contributed by atoms with E-state index < -0.39 is 0 Å². The molecule has 0 saturated carbocycles. The molecule has 2 aromatic rings. The van der Waals surface area contributed by atoms with Gasteiger partial charge in [-0.1, -0.05) is 49.9 Å². The van der Waals surface area contributed by atoms with E-state index in [1.54, 1.807) is 11.8 Å². The summed E-state index contributed by atoms with van der Waals surface area (Å²) >= 11 is 1.79. The second-order valence-electron chi connectivity index (χ2n) is 9.06. The lowest BCUT2D eigenvalue weighted by Gasteiger charge is -2.28. The molecule has 1 fully saturated rings. The number of ether oxygens (including phenoxy) is 1. The van der Waals surface area contributed by atoms with Gasteiger partial charge < -0.3 is 9.84 Å². The fourth-order valence-electron chi connectivity index (χ4n) is 5.11. The van der Waals surface area contributed by atoms with Gasteiger partial charge in [0.05, 0.1) is 11.6 Å². The molecule has 0 bridgehead atoms. The molecule has 31 heavy (non-hydrogen) atoms. The van der Waals surface area contributed by atoms with Crippen LogP contribution in [-0.2, 0) is 19.3 Å². The fraction of sp³-hybridized carbons (Fsp3) is 0.538. The quantitative estimate of drug-likeness (QED) is 0.507. The average molecular weight is 462 g/mol. The molecule has 3 nitrogen and oxygen atoms in total. The summed E-state index contributed by atoms with van der Waals surface area (Å²) in [5, 5.41) is 10.2. The first-order chi connectivity index (χ1) is 14.4. The first-order valence-electron chi connectivity index (χ1n) is 11.4. The van der Waals surface area contributed by atoms with Gasteiger partial charge in [0.15, 0.2) is 4.93 Å². The Hall–Kier alpha value is -1.20. The summed E-state index contributed by atoms with van der Waals surface area (Å²) in [5.41, 5.74) is 5.69. The Kier molecular flexibility index (Phi) is 8.01. The van der Waals surface area contributed by atoms with Gasteiger partial charge in [0.2, 0.25) is 0 Å². The Balaban J connectivity index is 0.00000272. The monoisotopic (exact) mass is 461 g/mol. The molecule has 4 rings (SSSR count). The molecular weight excluding hydrogens is 426 g/mol. The van der Waals surface area contributed by atoms with Gasteiger partial charge in [-0.25, -0.2) is 0 Å². The molecule has 2 unspecified atom stereocenters. The number of aliphatic hydroxyl groups excluding tert-OH is 1. The maximum absolute atomic E-state index is 10.2. The van der Waals surface area contributed by atoms with Crippen molar-refractivity contribution in [1.29, 1.82) is 0 Å². The zero-order valence-electron chi connectivity index (χ0n) is 19.2. The van der Waals surface area contributed by atoms with Crippen LogP contribution in [0.5, 0.6) is 5.75 Å². The standard InChI is InChI=1S/C26H35NO2S.ClH/c1-5-19-9-7-18(15-20(19)6-2)8-11-22-12-13-23(27(22)17-28)21-10-14-24-25(16-21)30-26(3,4)29-24;/h7,9-10,14-16,22-23,28H,5-6,8,11-13,17H2,1-4H3;1H.